The molecule has 1 aromatic carbocycles. The van der Waals surface area contributed by atoms with Gasteiger partial charge in [-0.1, -0.05) is 35.9 Å². The van der Waals surface area contributed by atoms with Crippen LogP contribution in [0.1, 0.15) is 11.1 Å². The van der Waals surface area contributed by atoms with Crippen LogP contribution in [0.5, 0.6) is 0 Å². The number of pyridine rings is 1. The number of rotatable bonds is 4. The summed E-state index contributed by atoms with van der Waals surface area (Å²) in [7, 11) is -2.17. The molecule has 0 spiro atoms. The molecule has 112 valence electrons. The van der Waals surface area contributed by atoms with Crippen LogP contribution in [0, 0.1) is 6.92 Å². The zero-order valence-corrected chi connectivity index (χ0v) is 14.7. The van der Waals surface area contributed by atoms with Crippen LogP contribution in [0.2, 0.25) is 5.15 Å². The maximum atomic E-state index is 12.6. The number of hydrogen-bond acceptors (Lipinski definition) is 3. The lowest BCUT2D eigenvalue weighted by Gasteiger charge is -2.19. The molecule has 0 saturated carbocycles. The van der Waals surface area contributed by atoms with Gasteiger partial charge in [-0.15, -0.1) is 0 Å². The number of sulfonamides is 1. The van der Waals surface area contributed by atoms with E-state index in [1.807, 2.05) is 31.2 Å². The number of benzene rings is 1. The van der Waals surface area contributed by atoms with Crippen LogP contribution in [0.15, 0.2) is 45.9 Å². The van der Waals surface area contributed by atoms with Gasteiger partial charge >= 0.3 is 0 Å². The van der Waals surface area contributed by atoms with Crippen LogP contribution in [0.3, 0.4) is 0 Å². The van der Waals surface area contributed by atoms with Crippen molar-refractivity contribution in [1.82, 2.24) is 9.29 Å². The van der Waals surface area contributed by atoms with Crippen LogP contribution in [0.25, 0.3) is 0 Å². The van der Waals surface area contributed by atoms with Crippen molar-refractivity contribution in [3.05, 3.63) is 57.3 Å². The number of halogens is 2. The highest BCUT2D eigenvalue weighted by molar-refractivity contribution is 9.10. The normalized spacial score (nSPS) is 11.9. The van der Waals surface area contributed by atoms with E-state index < -0.39 is 10.0 Å². The molecule has 4 nitrogen and oxygen atoms in total. The van der Waals surface area contributed by atoms with Gasteiger partial charge in [0, 0.05) is 24.3 Å². The molecule has 0 radical (unpaired) electrons. The van der Waals surface area contributed by atoms with E-state index in [2.05, 4.69) is 20.9 Å². The van der Waals surface area contributed by atoms with Crippen molar-refractivity contribution in [3.8, 4) is 0 Å². The summed E-state index contributed by atoms with van der Waals surface area (Å²) >= 11 is 9.13. The summed E-state index contributed by atoms with van der Waals surface area (Å²) in [6.07, 6.45) is 1.46. The SMILES string of the molecule is Cc1ccccc1CN(C)S(=O)(=O)c1cc(Br)cnc1Cl. The topological polar surface area (TPSA) is 50.3 Å². The summed E-state index contributed by atoms with van der Waals surface area (Å²) in [6, 6.07) is 9.11. The van der Waals surface area contributed by atoms with E-state index in [-0.39, 0.29) is 16.6 Å². The Morgan fingerprint density at radius 3 is 2.67 bits per heavy atom. The summed E-state index contributed by atoms with van der Waals surface area (Å²) < 4.78 is 27.0. The van der Waals surface area contributed by atoms with Gasteiger partial charge in [-0.3, -0.25) is 0 Å². The number of aromatic nitrogens is 1. The zero-order valence-electron chi connectivity index (χ0n) is 11.5. The van der Waals surface area contributed by atoms with E-state index in [0.29, 0.717) is 4.47 Å². The fraction of sp³-hybridized carbons (Fsp3) is 0.214. The van der Waals surface area contributed by atoms with E-state index in [0.717, 1.165) is 11.1 Å². The lowest BCUT2D eigenvalue weighted by Crippen LogP contribution is -2.27. The van der Waals surface area contributed by atoms with E-state index in [4.69, 9.17) is 11.6 Å². The Morgan fingerprint density at radius 1 is 1.33 bits per heavy atom. The van der Waals surface area contributed by atoms with Gasteiger partial charge in [0.1, 0.15) is 10.0 Å². The molecule has 0 atom stereocenters. The fourth-order valence-electron chi connectivity index (χ4n) is 1.87. The minimum absolute atomic E-state index is 0.00498. The minimum Gasteiger partial charge on any atom is -0.242 e. The highest BCUT2D eigenvalue weighted by Crippen LogP contribution is 2.26. The third-order valence-corrected chi connectivity index (χ3v) is 5.78. The van der Waals surface area contributed by atoms with Gasteiger partial charge in [0.05, 0.1) is 0 Å². The van der Waals surface area contributed by atoms with Gasteiger partial charge < -0.3 is 0 Å². The van der Waals surface area contributed by atoms with Crippen molar-refractivity contribution in [2.75, 3.05) is 7.05 Å². The van der Waals surface area contributed by atoms with Crippen molar-refractivity contribution in [2.24, 2.45) is 0 Å². The monoisotopic (exact) mass is 388 g/mol. The maximum Gasteiger partial charge on any atom is 0.246 e. The smallest absolute Gasteiger partial charge is 0.242 e. The molecule has 0 unspecified atom stereocenters. The quantitative estimate of drug-likeness (QED) is 0.750. The molecule has 1 heterocycles. The molecule has 21 heavy (non-hydrogen) atoms. The van der Waals surface area contributed by atoms with Crippen molar-refractivity contribution < 1.29 is 8.42 Å². The van der Waals surface area contributed by atoms with E-state index in [1.165, 1.54) is 23.6 Å². The van der Waals surface area contributed by atoms with Gasteiger partial charge in [0.15, 0.2) is 0 Å². The molecule has 0 saturated heterocycles. The second kappa shape index (κ2) is 6.44. The number of nitrogens with zero attached hydrogens (tertiary/aromatic N) is 2. The van der Waals surface area contributed by atoms with E-state index in [9.17, 15) is 8.42 Å². The van der Waals surface area contributed by atoms with E-state index in [1.54, 1.807) is 0 Å². The zero-order chi connectivity index (χ0) is 15.6. The fourth-order valence-corrected chi connectivity index (χ4v) is 3.93. The molecule has 1 aromatic heterocycles. The summed E-state index contributed by atoms with van der Waals surface area (Å²) in [5.41, 5.74) is 1.99. The Labute approximate surface area is 137 Å². The van der Waals surface area contributed by atoms with Crippen LogP contribution >= 0.6 is 27.5 Å². The second-order valence-corrected chi connectivity index (χ2v) is 7.92. The lowest BCUT2D eigenvalue weighted by atomic mass is 10.1. The molecule has 2 rings (SSSR count). The first-order chi connectivity index (χ1) is 9.82. The lowest BCUT2D eigenvalue weighted by molar-refractivity contribution is 0.465. The predicted molar refractivity (Wildman–Crippen MR) is 86.8 cm³/mol. The molecular weight excluding hydrogens is 376 g/mol. The Morgan fingerprint density at radius 2 is 2.00 bits per heavy atom. The van der Waals surface area contributed by atoms with Gasteiger partial charge in [-0.05, 0) is 40.0 Å². The standard InChI is InChI=1S/C14H14BrClN2O2S/c1-10-5-3-4-6-11(10)9-18(2)21(19,20)13-7-12(15)8-17-14(13)16/h3-8H,9H2,1-2H3. The largest absolute Gasteiger partial charge is 0.246 e. The van der Waals surface area contributed by atoms with Crippen molar-refractivity contribution in [1.29, 1.82) is 0 Å². The second-order valence-electron chi connectivity index (χ2n) is 4.63. The molecule has 0 aliphatic carbocycles. The van der Waals surface area contributed by atoms with E-state index >= 15 is 0 Å². The predicted octanol–water partition coefficient (Wildman–Crippen LogP) is 3.63. The van der Waals surface area contributed by atoms with Crippen LogP contribution in [-0.2, 0) is 16.6 Å². The third-order valence-electron chi connectivity index (χ3n) is 3.12. The first kappa shape index (κ1) is 16.4. The summed E-state index contributed by atoms with van der Waals surface area (Å²) in [4.78, 5) is 3.86. The Balaban J connectivity index is 2.35. The third kappa shape index (κ3) is 3.63. The average molecular weight is 390 g/mol. The maximum absolute atomic E-state index is 12.6. The first-order valence-corrected chi connectivity index (χ1v) is 8.75. The van der Waals surface area contributed by atoms with Gasteiger partial charge in [0.25, 0.3) is 0 Å². The van der Waals surface area contributed by atoms with Gasteiger partial charge in [0.2, 0.25) is 10.0 Å². The van der Waals surface area contributed by atoms with Crippen molar-refractivity contribution in [2.45, 2.75) is 18.4 Å². The van der Waals surface area contributed by atoms with Gasteiger partial charge in [-0.25, -0.2) is 13.4 Å². The first-order valence-electron chi connectivity index (χ1n) is 6.14. The Bertz CT molecular complexity index is 765. The molecule has 0 N–H and O–H groups in total. The molecule has 0 aliphatic heterocycles. The summed E-state index contributed by atoms with van der Waals surface area (Å²) in [5.74, 6) is 0. The average Bonchev–Trinajstić information content (AvgIpc) is 2.43. The number of aryl methyl sites for hydroxylation is 1. The van der Waals surface area contributed by atoms with Crippen LogP contribution in [-0.4, -0.2) is 24.8 Å². The van der Waals surface area contributed by atoms with Crippen molar-refractivity contribution in [3.63, 3.8) is 0 Å². The molecule has 0 fully saturated rings. The van der Waals surface area contributed by atoms with Crippen LogP contribution in [0.4, 0.5) is 0 Å². The highest BCUT2D eigenvalue weighted by Gasteiger charge is 2.25. The van der Waals surface area contributed by atoms with Gasteiger partial charge in [-0.2, -0.15) is 4.31 Å². The molecule has 7 heteroatoms. The minimum atomic E-state index is -3.70. The molecule has 0 amide bonds. The Kier molecular flexibility index (Phi) is 5.03. The number of hydrogen-bond donors (Lipinski definition) is 0. The molecule has 0 bridgehead atoms. The highest BCUT2D eigenvalue weighted by atomic mass is 79.9. The van der Waals surface area contributed by atoms with Crippen molar-refractivity contribution >= 4 is 37.6 Å². The van der Waals surface area contributed by atoms with Crippen LogP contribution < -0.4 is 0 Å². The molecule has 2 aromatic rings. The molecule has 0 aliphatic rings. The summed E-state index contributed by atoms with van der Waals surface area (Å²) in [6.45, 7) is 2.22. The molecular formula is C14H14BrClN2O2S. The Hall–Kier alpha value is -0.950. The summed E-state index contributed by atoms with van der Waals surface area (Å²) in [5, 5.41) is -0.0326.